The van der Waals surface area contributed by atoms with E-state index in [4.69, 9.17) is 9.47 Å². The minimum Gasteiger partial charge on any atom is -0.493 e. The number of halogens is 3. The van der Waals surface area contributed by atoms with E-state index >= 15 is 0 Å². The van der Waals surface area contributed by atoms with Gasteiger partial charge in [-0.2, -0.15) is 13.2 Å². The molecule has 0 bridgehead atoms. The van der Waals surface area contributed by atoms with Crippen LogP contribution in [0, 0.1) is 17.8 Å². The summed E-state index contributed by atoms with van der Waals surface area (Å²) >= 11 is 0. The van der Waals surface area contributed by atoms with E-state index in [9.17, 15) is 28.2 Å². The summed E-state index contributed by atoms with van der Waals surface area (Å²) in [6.45, 7) is 7.58. The van der Waals surface area contributed by atoms with Gasteiger partial charge in [0.25, 0.3) is 0 Å². The van der Waals surface area contributed by atoms with Crippen LogP contribution in [0.1, 0.15) is 37.8 Å². The zero-order chi connectivity index (χ0) is 28.1. The fourth-order valence-electron chi connectivity index (χ4n) is 5.59. The predicted octanol–water partition coefficient (Wildman–Crippen LogP) is 6.57. The lowest BCUT2D eigenvalue weighted by Crippen LogP contribution is -2.21. The van der Waals surface area contributed by atoms with E-state index in [-0.39, 0.29) is 54.8 Å². The number of hydrogen-bond acceptors (Lipinski definition) is 4. The molecule has 1 unspecified atom stereocenters. The van der Waals surface area contributed by atoms with Gasteiger partial charge in [-0.05, 0) is 83.9 Å². The monoisotopic (exact) mass is 540 g/mol. The molecular formula is C31H31F3O5. The minimum atomic E-state index is -4.59. The number of hydrogen-bond donors (Lipinski definition) is 2. The van der Waals surface area contributed by atoms with Crippen molar-refractivity contribution in [2.45, 2.75) is 51.2 Å². The molecule has 3 aliphatic rings. The number of allylic oxidation sites excluding steroid dienone is 2. The van der Waals surface area contributed by atoms with Gasteiger partial charge < -0.3 is 19.7 Å². The van der Waals surface area contributed by atoms with Crippen LogP contribution in [0.5, 0.6) is 5.75 Å². The van der Waals surface area contributed by atoms with Gasteiger partial charge in [0.1, 0.15) is 11.9 Å². The highest BCUT2D eigenvalue weighted by molar-refractivity contribution is 5.78. The number of ether oxygens (including phenoxy) is 2. The molecule has 39 heavy (non-hydrogen) atoms. The average molecular weight is 541 g/mol. The summed E-state index contributed by atoms with van der Waals surface area (Å²) in [5, 5.41) is 19.2. The van der Waals surface area contributed by atoms with E-state index in [0.29, 0.717) is 17.5 Å². The Morgan fingerprint density at radius 2 is 1.92 bits per heavy atom. The molecule has 0 aliphatic heterocycles. The van der Waals surface area contributed by atoms with Crippen LogP contribution in [0.15, 0.2) is 77.9 Å². The lowest BCUT2D eigenvalue weighted by atomic mass is 9.90. The van der Waals surface area contributed by atoms with Crippen LogP contribution in [0.3, 0.4) is 0 Å². The zero-order valence-electron chi connectivity index (χ0n) is 21.8. The first-order chi connectivity index (χ1) is 18.3. The second-order valence-corrected chi connectivity index (χ2v) is 11.2. The van der Waals surface area contributed by atoms with Gasteiger partial charge in [-0.3, -0.25) is 4.79 Å². The quantitative estimate of drug-likeness (QED) is 0.376. The van der Waals surface area contributed by atoms with Crippen LogP contribution in [-0.4, -0.2) is 34.5 Å². The van der Waals surface area contributed by atoms with Gasteiger partial charge >= 0.3 is 12.1 Å². The van der Waals surface area contributed by atoms with Gasteiger partial charge in [0.2, 0.25) is 0 Å². The molecule has 8 heteroatoms. The number of fused-ring (bicyclic) bond motifs is 3. The summed E-state index contributed by atoms with van der Waals surface area (Å²) in [4.78, 5) is 11.4. The third kappa shape index (κ3) is 5.82. The minimum absolute atomic E-state index is 0.0362. The van der Waals surface area contributed by atoms with Crippen LogP contribution < -0.4 is 4.74 Å². The molecule has 2 N–H and O–H groups in total. The molecule has 0 aromatic heterocycles. The van der Waals surface area contributed by atoms with Crippen LogP contribution >= 0.6 is 0 Å². The molecule has 2 saturated carbocycles. The van der Waals surface area contributed by atoms with Crippen molar-refractivity contribution in [2.24, 2.45) is 17.8 Å². The summed E-state index contributed by atoms with van der Waals surface area (Å²) in [5.41, 5.74) is 2.27. The van der Waals surface area contributed by atoms with Crippen LogP contribution in [-0.2, 0) is 22.3 Å². The molecule has 0 saturated heterocycles. The maximum atomic E-state index is 14.0. The zero-order valence-corrected chi connectivity index (χ0v) is 21.8. The molecule has 0 amide bonds. The van der Waals surface area contributed by atoms with E-state index in [1.807, 2.05) is 12.2 Å². The van der Waals surface area contributed by atoms with Crippen LogP contribution in [0.4, 0.5) is 13.2 Å². The lowest BCUT2D eigenvalue weighted by Gasteiger charge is -2.23. The molecule has 3 aliphatic carbocycles. The van der Waals surface area contributed by atoms with E-state index in [1.54, 1.807) is 38.1 Å². The highest BCUT2D eigenvalue weighted by atomic mass is 19.4. The van der Waals surface area contributed by atoms with Gasteiger partial charge in [0.05, 0.1) is 30.3 Å². The number of carbonyl (C=O) groups is 1. The molecule has 0 radical (unpaired) electrons. The first kappa shape index (κ1) is 27.2. The summed E-state index contributed by atoms with van der Waals surface area (Å²) in [6, 6.07) is 10.7. The van der Waals surface area contributed by atoms with Crippen molar-refractivity contribution in [2.75, 3.05) is 6.61 Å². The van der Waals surface area contributed by atoms with Crippen molar-refractivity contribution in [3.63, 3.8) is 0 Å². The van der Waals surface area contributed by atoms with Gasteiger partial charge in [0, 0.05) is 12.3 Å². The molecule has 206 valence electrons. The maximum absolute atomic E-state index is 14.0. The molecule has 0 heterocycles. The van der Waals surface area contributed by atoms with E-state index in [2.05, 4.69) is 6.58 Å². The topological polar surface area (TPSA) is 76.0 Å². The van der Waals surface area contributed by atoms with E-state index in [1.165, 1.54) is 12.1 Å². The van der Waals surface area contributed by atoms with Crippen molar-refractivity contribution < 1.29 is 37.7 Å². The van der Waals surface area contributed by atoms with Gasteiger partial charge in [0.15, 0.2) is 0 Å². The Morgan fingerprint density at radius 3 is 2.62 bits per heavy atom. The van der Waals surface area contributed by atoms with Crippen molar-refractivity contribution in [1.82, 2.24) is 0 Å². The number of rotatable bonds is 9. The summed E-state index contributed by atoms with van der Waals surface area (Å²) in [6.07, 6.45) is -0.0403. The first-order valence-electron chi connectivity index (χ1n) is 12.9. The summed E-state index contributed by atoms with van der Waals surface area (Å²) in [5.74, 6) is -0.773. The van der Waals surface area contributed by atoms with Gasteiger partial charge in [-0.15, -0.1) is 0 Å². The van der Waals surface area contributed by atoms with Crippen molar-refractivity contribution in [3.05, 3.63) is 89.0 Å². The summed E-state index contributed by atoms with van der Waals surface area (Å²) < 4.78 is 53.5. The Balaban J connectivity index is 1.28. The number of aliphatic carboxylic acids is 1. The molecule has 2 aromatic rings. The Labute approximate surface area is 225 Å². The van der Waals surface area contributed by atoms with E-state index in [0.717, 1.165) is 22.8 Å². The third-order valence-electron chi connectivity index (χ3n) is 7.64. The van der Waals surface area contributed by atoms with Gasteiger partial charge in [-0.25, -0.2) is 0 Å². The number of benzene rings is 2. The fourth-order valence-corrected chi connectivity index (χ4v) is 5.59. The second-order valence-electron chi connectivity index (χ2n) is 11.2. The Kier molecular flexibility index (Phi) is 6.97. The molecule has 2 aromatic carbocycles. The number of aliphatic hydroxyl groups is 1. The predicted molar refractivity (Wildman–Crippen MR) is 140 cm³/mol. The van der Waals surface area contributed by atoms with Crippen molar-refractivity contribution in [1.29, 1.82) is 0 Å². The molecule has 2 fully saturated rings. The smallest absolute Gasteiger partial charge is 0.417 e. The highest BCUT2D eigenvalue weighted by Crippen LogP contribution is 2.63. The Bertz CT molecular complexity index is 1370. The lowest BCUT2D eigenvalue weighted by molar-refractivity contribution is -0.139. The van der Waals surface area contributed by atoms with Crippen molar-refractivity contribution >= 4 is 5.97 Å². The molecule has 4 atom stereocenters. The third-order valence-corrected chi connectivity index (χ3v) is 7.64. The highest BCUT2D eigenvalue weighted by Gasteiger charge is 2.61. The van der Waals surface area contributed by atoms with Gasteiger partial charge in [-0.1, -0.05) is 36.9 Å². The molecule has 0 spiro atoms. The Morgan fingerprint density at radius 1 is 1.15 bits per heavy atom. The van der Waals surface area contributed by atoms with Crippen molar-refractivity contribution in [3.8, 4) is 16.9 Å². The number of carboxylic acids is 1. The number of alkyl halides is 3. The average Bonchev–Trinajstić information content (AvgIpc) is 3.46. The molecule has 5 nitrogen and oxygen atoms in total. The number of carboxylic acid groups (broad SMARTS) is 1. The normalized spacial score (nSPS) is 24.0. The maximum Gasteiger partial charge on any atom is 0.417 e. The van der Waals surface area contributed by atoms with E-state index < -0.39 is 23.3 Å². The largest absolute Gasteiger partial charge is 0.493 e. The summed E-state index contributed by atoms with van der Waals surface area (Å²) in [7, 11) is 0. The van der Waals surface area contributed by atoms with Crippen LogP contribution in [0.2, 0.25) is 0 Å². The van der Waals surface area contributed by atoms with Crippen LogP contribution in [0.25, 0.3) is 11.1 Å². The second kappa shape index (κ2) is 9.99. The molecular weight excluding hydrogens is 509 g/mol. The fraction of sp³-hybridized carbons (Fsp3) is 0.387. The Hall–Kier alpha value is -3.36. The SMILES string of the molecule is C=C1C=C2C(=CC1OCc1cccc(-c3ccc(OCCC(C)(C)O)cc3C(F)(F)F)c1)C[C@H]1[C@H](C(=O)O)[C@@H]21. The standard InChI is InChI=1S/C31H31F3O5/c1-17-11-23-20(13-24-27(23)28(24)29(35)36)14-26(17)39-16-18-5-4-6-19(12-18)22-8-7-21(15-25(22)31(32,33)34)38-10-9-30(2,3)37/h4-8,11-12,14-15,24,26-28,37H,1,9-10,13,16H2,2-3H3,(H,35,36)/t24-,26?,27+,28+/m1/s1. The molecule has 5 rings (SSSR count). The first-order valence-corrected chi connectivity index (χ1v) is 12.9.